The van der Waals surface area contributed by atoms with Crippen molar-refractivity contribution >= 4 is 11.8 Å². The van der Waals surface area contributed by atoms with E-state index in [2.05, 4.69) is 35.0 Å². The lowest BCUT2D eigenvalue weighted by Crippen LogP contribution is -1.93. The van der Waals surface area contributed by atoms with E-state index in [9.17, 15) is 4.79 Å². The third-order valence-corrected chi connectivity index (χ3v) is 2.37. The van der Waals surface area contributed by atoms with Crippen LogP contribution >= 0.6 is 11.8 Å². The fourth-order valence-corrected chi connectivity index (χ4v) is 1.39. The van der Waals surface area contributed by atoms with Crippen LogP contribution in [0.2, 0.25) is 0 Å². The molecule has 0 fully saturated rings. The van der Waals surface area contributed by atoms with Gasteiger partial charge in [0, 0.05) is 27.7 Å². The molecular weight excluding hydrogens is 312 g/mol. The number of H-pyrrole nitrogens is 1. The SMILES string of the molecule is CSc1nnc(C)o1.Cc1n[nH]c(=O)o1.Cc1nnc(C)o1. The molecule has 0 saturated heterocycles. The highest BCUT2D eigenvalue weighted by molar-refractivity contribution is 7.98. The molecule has 0 amide bonds. The molecule has 0 saturated carbocycles. The molecule has 0 aliphatic heterocycles. The Hall–Kier alpha value is -2.43. The van der Waals surface area contributed by atoms with Gasteiger partial charge in [0.15, 0.2) is 0 Å². The Morgan fingerprint density at radius 3 is 1.55 bits per heavy atom. The topological polar surface area (TPSA) is 137 Å². The predicted molar refractivity (Wildman–Crippen MR) is 76.4 cm³/mol. The predicted octanol–water partition coefficient (Wildman–Crippen LogP) is 1.46. The van der Waals surface area contributed by atoms with Gasteiger partial charge in [0.25, 0.3) is 5.22 Å². The van der Waals surface area contributed by atoms with Gasteiger partial charge in [-0.2, -0.15) is 0 Å². The number of hydrogen-bond donors (Lipinski definition) is 1. The zero-order valence-electron chi connectivity index (χ0n) is 12.8. The average Bonchev–Trinajstić information content (AvgIpc) is 3.15. The second-order valence-corrected chi connectivity index (χ2v) is 4.52. The maximum absolute atomic E-state index is 10.0. The minimum Gasteiger partial charge on any atom is -0.426 e. The Kier molecular flexibility index (Phi) is 7.02. The van der Waals surface area contributed by atoms with Crippen molar-refractivity contribution in [1.29, 1.82) is 0 Å². The first-order valence-corrected chi connectivity index (χ1v) is 7.26. The fraction of sp³-hybridized carbons (Fsp3) is 0.455. The Balaban J connectivity index is 0.000000166. The molecule has 3 aromatic rings. The van der Waals surface area contributed by atoms with E-state index >= 15 is 0 Å². The van der Waals surface area contributed by atoms with Crippen molar-refractivity contribution in [3.8, 4) is 0 Å². The summed E-state index contributed by atoms with van der Waals surface area (Å²) in [6, 6.07) is 0. The van der Waals surface area contributed by atoms with Crippen LogP contribution in [0.1, 0.15) is 23.6 Å². The molecular formula is C11H16N6O4S. The normalized spacial score (nSPS) is 9.50. The number of aromatic amines is 1. The van der Waals surface area contributed by atoms with Crippen molar-refractivity contribution < 1.29 is 13.3 Å². The van der Waals surface area contributed by atoms with Crippen LogP contribution < -0.4 is 5.76 Å². The lowest BCUT2D eigenvalue weighted by molar-refractivity contribution is 0.430. The van der Waals surface area contributed by atoms with Gasteiger partial charge in [0.05, 0.1) is 0 Å². The molecule has 3 heterocycles. The summed E-state index contributed by atoms with van der Waals surface area (Å²) in [6.07, 6.45) is 1.90. The van der Waals surface area contributed by atoms with Crippen molar-refractivity contribution in [3.05, 3.63) is 34.1 Å². The molecule has 10 nitrogen and oxygen atoms in total. The second-order valence-electron chi connectivity index (χ2n) is 3.76. The summed E-state index contributed by atoms with van der Waals surface area (Å²) in [6.45, 7) is 6.89. The van der Waals surface area contributed by atoms with Crippen molar-refractivity contribution in [3.63, 3.8) is 0 Å². The highest BCUT2D eigenvalue weighted by Gasteiger charge is 1.95. The maximum Gasteiger partial charge on any atom is 0.434 e. The van der Waals surface area contributed by atoms with Crippen molar-refractivity contribution in [2.75, 3.05) is 6.26 Å². The first kappa shape index (κ1) is 17.6. The zero-order valence-corrected chi connectivity index (χ0v) is 13.6. The van der Waals surface area contributed by atoms with E-state index < -0.39 is 5.76 Å². The minimum atomic E-state index is -0.502. The molecule has 22 heavy (non-hydrogen) atoms. The van der Waals surface area contributed by atoms with Gasteiger partial charge >= 0.3 is 5.76 Å². The minimum absolute atomic E-state index is 0.366. The summed E-state index contributed by atoms with van der Waals surface area (Å²) in [5.74, 6) is 1.73. The van der Waals surface area contributed by atoms with Gasteiger partial charge in [-0.15, -0.1) is 25.5 Å². The number of rotatable bonds is 1. The highest BCUT2D eigenvalue weighted by atomic mass is 32.2. The van der Waals surface area contributed by atoms with Crippen LogP contribution in [0.5, 0.6) is 0 Å². The van der Waals surface area contributed by atoms with Crippen molar-refractivity contribution in [2.45, 2.75) is 32.9 Å². The fourth-order valence-electron chi connectivity index (χ4n) is 1.06. The average molecular weight is 328 g/mol. The molecule has 0 bridgehead atoms. The molecule has 0 unspecified atom stereocenters. The number of thioether (sulfide) groups is 1. The number of hydrogen-bond acceptors (Lipinski definition) is 10. The van der Waals surface area contributed by atoms with Crippen LogP contribution in [0.25, 0.3) is 0 Å². The molecule has 120 valence electrons. The largest absolute Gasteiger partial charge is 0.434 e. The number of nitrogens with zero attached hydrogens (tertiary/aromatic N) is 5. The number of nitrogens with one attached hydrogen (secondary N) is 1. The first-order chi connectivity index (χ1) is 10.4. The molecule has 0 aliphatic rings. The van der Waals surface area contributed by atoms with Crippen LogP contribution in [0, 0.1) is 27.7 Å². The molecule has 0 spiro atoms. The van der Waals surface area contributed by atoms with E-state index in [1.165, 1.54) is 11.8 Å². The number of aryl methyl sites for hydroxylation is 4. The summed E-state index contributed by atoms with van der Waals surface area (Å²) >= 11 is 1.45. The zero-order chi connectivity index (χ0) is 16.5. The lowest BCUT2D eigenvalue weighted by atomic mass is 10.8. The van der Waals surface area contributed by atoms with Crippen molar-refractivity contribution in [2.24, 2.45) is 0 Å². The quantitative estimate of drug-likeness (QED) is 0.653. The van der Waals surface area contributed by atoms with Crippen LogP contribution in [0.15, 0.2) is 23.3 Å². The third kappa shape index (κ3) is 6.83. The van der Waals surface area contributed by atoms with Gasteiger partial charge in [-0.25, -0.2) is 9.89 Å². The van der Waals surface area contributed by atoms with E-state index in [-0.39, 0.29) is 0 Å². The van der Waals surface area contributed by atoms with E-state index in [0.29, 0.717) is 28.8 Å². The Morgan fingerprint density at radius 1 is 0.818 bits per heavy atom. The molecule has 0 radical (unpaired) electrons. The Morgan fingerprint density at radius 2 is 1.36 bits per heavy atom. The Labute approximate surface area is 129 Å². The molecule has 1 N–H and O–H groups in total. The molecule has 11 heteroatoms. The monoisotopic (exact) mass is 328 g/mol. The van der Waals surface area contributed by atoms with Gasteiger partial charge in [-0.1, -0.05) is 11.8 Å². The van der Waals surface area contributed by atoms with Gasteiger partial charge < -0.3 is 13.3 Å². The lowest BCUT2D eigenvalue weighted by Gasteiger charge is -1.77. The van der Waals surface area contributed by atoms with E-state index in [0.717, 1.165) is 0 Å². The first-order valence-electron chi connectivity index (χ1n) is 6.03. The van der Waals surface area contributed by atoms with Crippen LogP contribution in [-0.4, -0.2) is 36.8 Å². The number of aromatic nitrogens is 6. The molecule has 3 aromatic heterocycles. The van der Waals surface area contributed by atoms with Crippen LogP contribution in [-0.2, 0) is 0 Å². The molecule has 0 atom stereocenters. The molecule has 0 aliphatic carbocycles. The van der Waals surface area contributed by atoms with Gasteiger partial charge in [0.2, 0.25) is 23.6 Å². The molecule has 0 aromatic carbocycles. The van der Waals surface area contributed by atoms with E-state index in [1.807, 2.05) is 6.26 Å². The standard InChI is InChI=1S/C4H6N2OS.C4H6N2O.C3H4N2O2/c1-3-5-6-4(7-3)8-2;1-3-5-6-4(2)7-3;1-2-4-5-3(6)7-2/h1-2H3;1-2H3;1H3,(H,5,6). The van der Waals surface area contributed by atoms with E-state index in [1.54, 1.807) is 27.7 Å². The summed E-state index contributed by atoms with van der Waals surface area (Å²) in [4.78, 5) is 10.0. The summed E-state index contributed by atoms with van der Waals surface area (Å²) < 4.78 is 14.2. The smallest absolute Gasteiger partial charge is 0.426 e. The maximum atomic E-state index is 10.0. The Bertz CT molecular complexity index is 714. The summed E-state index contributed by atoms with van der Waals surface area (Å²) in [7, 11) is 0. The van der Waals surface area contributed by atoms with E-state index in [4.69, 9.17) is 8.83 Å². The van der Waals surface area contributed by atoms with Crippen molar-refractivity contribution in [1.82, 2.24) is 30.6 Å². The second kappa shape index (κ2) is 8.77. The highest BCUT2D eigenvalue weighted by Crippen LogP contribution is 2.10. The third-order valence-electron chi connectivity index (χ3n) is 1.85. The van der Waals surface area contributed by atoms with Gasteiger partial charge in [-0.3, -0.25) is 0 Å². The summed E-state index contributed by atoms with van der Waals surface area (Å²) in [5, 5.41) is 20.7. The van der Waals surface area contributed by atoms with Crippen LogP contribution in [0.4, 0.5) is 0 Å². The van der Waals surface area contributed by atoms with Gasteiger partial charge in [-0.05, 0) is 6.26 Å². The van der Waals surface area contributed by atoms with Gasteiger partial charge in [0.1, 0.15) is 0 Å². The van der Waals surface area contributed by atoms with Crippen LogP contribution in [0.3, 0.4) is 0 Å². The summed E-state index contributed by atoms with van der Waals surface area (Å²) in [5.41, 5.74) is 0. The molecule has 3 rings (SSSR count).